The molecular formula is C6H17NO4S. The third-order valence-electron chi connectivity index (χ3n) is 0.767. The topological polar surface area (TPSA) is 75.6 Å². The molecule has 76 valence electrons. The van der Waals surface area contributed by atoms with Crippen molar-refractivity contribution in [3.63, 3.8) is 0 Å². The SMILES string of the molecule is CCNCC.CCOS(=O)(=O)O. The Bertz CT molecular complexity index is 164. The van der Waals surface area contributed by atoms with E-state index in [0.717, 1.165) is 13.1 Å². The lowest BCUT2D eigenvalue weighted by molar-refractivity contribution is 0.283. The van der Waals surface area contributed by atoms with Gasteiger partial charge in [0, 0.05) is 0 Å². The van der Waals surface area contributed by atoms with Crippen LogP contribution in [-0.2, 0) is 14.6 Å². The first-order valence-corrected chi connectivity index (χ1v) is 5.16. The highest BCUT2D eigenvalue weighted by Gasteiger charge is 1.98. The fraction of sp³-hybridized carbons (Fsp3) is 1.00. The van der Waals surface area contributed by atoms with Crippen molar-refractivity contribution in [3.05, 3.63) is 0 Å². The molecule has 0 radical (unpaired) electrons. The summed E-state index contributed by atoms with van der Waals surface area (Å²) in [5, 5.41) is 3.11. The van der Waals surface area contributed by atoms with Crippen molar-refractivity contribution in [2.75, 3.05) is 19.7 Å². The van der Waals surface area contributed by atoms with Crippen molar-refractivity contribution in [2.45, 2.75) is 20.8 Å². The van der Waals surface area contributed by atoms with Gasteiger partial charge in [-0.15, -0.1) is 0 Å². The van der Waals surface area contributed by atoms with Gasteiger partial charge in [-0.2, -0.15) is 8.42 Å². The maximum absolute atomic E-state index is 9.56. The van der Waals surface area contributed by atoms with Crippen LogP contribution in [0.2, 0.25) is 0 Å². The van der Waals surface area contributed by atoms with E-state index in [2.05, 4.69) is 23.3 Å². The first-order valence-electron chi connectivity index (χ1n) is 3.80. The van der Waals surface area contributed by atoms with Crippen LogP contribution in [0.3, 0.4) is 0 Å². The molecule has 0 amide bonds. The maximum Gasteiger partial charge on any atom is 0.397 e. The highest BCUT2D eigenvalue weighted by molar-refractivity contribution is 7.80. The monoisotopic (exact) mass is 199 g/mol. The minimum atomic E-state index is -4.17. The van der Waals surface area contributed by atoms with Gasteiger partial charge < -0.3 is 5.32 Å². The Morgan fingerprint density at radius 2 is 1.67 bits per heavy atom. The van der Waals surface area contributed by atoms with Gasteiger partial charge in [-0.1, -0.05) is 13.8 Å². The molecule has 0 saturated carbocycles. The quantitative estimate of drug-likeness (QED) is 0.643. The molecule has 0 rings (SSSR count). The zero-order chi connectivity index (χ0) is 10.0. The van der Waals surface area contributed by atoms with Crippen molar-refractivity contribution in [1.82, 2.24) is 5.32 Å². The van der Waals surface area contributed by atoms with Crippen LogP contribution < -0.4 is 5.32 Å². The van der Waals surface area contributed by atoms with E-state index in [1.165, 1.54) is 6.92 Å². The fourth-order valence-electron chi connectivity index (χ4n) is 0.399. The Kier molecular flexibility index (Phi) is 10.7. The number of nitrogens with one attached hydrogen (secondary N) is 1. The van der Waals surface area contributed by atoms with E-state index in [0.29, 0.717) is 0 Å². The number of hydrogen-bond acceptors (Lipinski definition) is 4. The molecule has 5 nitrogen and oxygen atoms in total. The third-order valence-corrected chi connectivity index (χ3v) is 1.30. The number of hydrogen-bond donors (Lipinski definition) is 2. The van der Waals surface area contributed by atoms with E-state index in [-0.39, 0.29) is 6.61 Å². The summed E-state index contributed by atoms with van der Waals surface area (Å²) in [6.45, 7) is 7.83. The van der Waals surface area contributed by atoms with Crippen LogP contribution in [0, 0.1) is 0 Å². The Balaban J connectivity index is 0. The molecule has 0 fully saturated rings. The van der Waals surface area contributed by atoms with E-state index in [4.69, 9.17) is 4.55 Å². The van der Waals surface area contributed by atoms with Gasteiger partial charge >= 0.3 is 10.4 Å². The normalized spacial score (nSPS) is 10.3. The first kappa shape index (κ1) is 14.4. The molecule has 0 aliphatic heterocycles. The summed E-state index contributed by atoms with van der Waals surface area (Å²) >= 11 is 0. The molecule has 0 heterocycles. The van der Waals surface area contributed by atoms with Gasteiger partial charge in [0.2, 0.25) is 0 Å². The van der Waals surface area contributed by atoms with E-state index < -0.39 is 10.4 Å². The molecule has 2 N–H and O–H groups in total. The summed E-state index contributed by atoms with van der Waals surface area (Å²) in [6, 6.07) is 0. The second-order valence-electron chi connectivity index (χ2n) is 1.79. The molecule has 0 unspecified atom stereocenters. The molecule has 0 aliphatic rings. The fourth-order valence-corrected chi connectivity index (χ4v) is 0.697. The predicted molar refractivity (Wildman–Crippen MR) is 47.4 cm³/mol. The van der Waals surface area contributed by atoms with Crippen molar-refractivity contribution in [3.8, 4) is 0 Å². The Labute approximate surface area is 74.1 Å². The lowest BCUT2D eigenvalue weighted by Crippen LogP contribution is -2.09. The van der Waals surface area contributed by atoms with Gasteiger partial charge in [-0.25, -0.2) is 4.18 Å². The average Bonchev–Trinajstić information content (AvgIpc) is 1.87. The maximum atomic E-state index is 9.56. The summed E-state index contributed by atoms with van der Waals surface area (Å²) in [4.78, 5) is 0. The molecule has 0 aromatic carbocycles. The van der Waals surface area contributed by atoms with Crippen molar-refractivity contribution >= 4 is 10.4 Å². The van der Waals surface area contributed by atoms with Gasteiger partial charge in [-0.05, 0) is 20.0 Å². The van der Waals surface area contributed by atoms with E-state index >= 15 is 0 Å². The van der Waals surface area contributed by atoms with Crippen LogP contribution in [0.15, 0.2) is 0 Å². The second-order valence-corrected chi connectivity index (χ2v) is 2.88. The van der Waals surface area contributed by atoms with Gasteiger partial charge in [0.25, 0.3) is 0 Å². The van der Waals surface area contributed by atoms with Crippen LogP contribution in [0.25, 0.3) is 0 Å². The molecule has 0 aromatic heterocycles. The molecule has 6 heteroatoms. The second kappa shape index (κ2) is 8.92. The Morgan fingerprint density at radius 1 is 1.25 bits per heavy atom. The zero-order valence-electron chi connectivity index (χ0n) is 7.70. The molecule has 0 aromatic rings. The van der Waals surface area contributed by atoms with E-state index in [1.54, 1.807) is 0 Å². The summed E-state index contributed by atoms with van der Waals surface area (Å²) < 4.78 is 30.7. The Morgan fingerprint density at radius 3 is 1.67 bits per heavy atom. The van der Waals surface area contributed by atoms with Crippen LogP contribution >= 0.6 is 0 Å². The molecular weight excluding hydrogens is 182 g/mol. The van der Waals surface area contributed by atoms with Gasteiger partial charge in [-0.3, -0.25) is 4.55 Å². The van der Waals surface area contributed by atoms with Gasteiger partial charge in [0.15, 0.2) is 0 Å². The highest BCUT2D eigenvalue weighted by atomic mass is 32.3. The molecule has 0 spiro atoms. The third kappa shape index (κ3) is 22.5. The first-order chi connectivity index (χ1) is 5.47. The summed E-state index contributed by atoms with van der Waals surface area (Å²) in [5.74, 6) is 0. The Hall–Kier alpha value is -0.170. The van der Waals surface area contributed by atoms with Crippen LogP contribution in [0.4, 0.5) is 0 Å². The van der Waals surface area contributed by atoms with E-state index in [1.807, 2.05) is 0 Å². The van der Waals surface area contributed by atoms with Crippen LogP contribution in [0.5, 0.6) is 0 Å². The molecule has 12 heavy (non-hydrogen) atoms. The number of rotatable bonds is 4. The lowest BCUT2D eigenvalue weighted by Gasteiger charge is -1.88. The van der Waals surface area contributed by atoms with Crippen LogP contribution in [-0.4, -0.2) is 32.7 Å². The van der Waals surface area contributed by atoms with Crippen molar-refractivity contribution in [1.29, 1.82) is 0 Å². The van der Waals surface area contributed by atoms with Gasteiger partial charge in [0.1, 0.15) is 0 Å². The van der Waals surface area contributed by atoms with Crippen molar-refractivity contribution in [2.24, 2.45) is 0 Å². The largest absolute Gasteiger partial charge is 0.397 e. The molecule has 0 atom stereocenters. The van der Waals surface area contributed by atoms with Crippen LogP contribution in [0.1, 0.15) is 20.8 Å². The summed E-state index contributed by atoms with van der Waals surface area (Å²) in [5.41, 5.74) is 0. The molecule has 0 bridgehead atoms. The minimum absolute atomic E-state index is 0.0289. The van der Waals surface area contributed by atoms with Crippen molar-refractivity contribution < 1.29 is 17.2 Å². The lowest BCUT2D eigenvalue weighted by atomic mass is 10.7. The van der Waals surface area contributed by atoms with E-state index in [9.17, 15) is 8.42 Å². The zero-order valence-corrected chi connectivity index (χ0v) is 8.52. The van der Waals surface area contributed by atoms with Gasteiger partial charge in [0.05, 0.1) is 6.61 Å². The summed E-state index contributed by atoms with van der Waals surface area (Å²) in [6.07, 6.45) is 0. The molecule has 0 saturated heterocycles. The minimum Gasteiger partial charge on any atom is -0.317 e. The standard InChI is InChI=1S/C4H11N.C2H6O4S/c1-3-5-4-2;1-2-6-7(3,4)5/h5H,3-4H2,1-2H3;2H2,1H3,(H,3,4,5). The smallest absolute Gasteiger partial charge is 0.317 e. The average molecular weight is 199 g/mol. The summed E-state index contributed by atoms with van der Waals surface area (Å²) in [7, 11) is -4.17. The predicted octanol–water partition coefficient (Wildman–Crippen LogP) is 0.442. The molecule has 0 aliphatic carbocycles. The highest BCUT2D eigenvalue weighted by Crippen LogP contribution is 1.81.